The lowest BCUT2D eigenvalue weighted by Crippen LogP contribution is -2.21. The Balaban J connectivity index is 2.04. The fourth-order valence-corrected chi connectivity index (χ4v) is 2.32. The zero-order valence-corrected chi connectivity index (χ0v) is 13.2. The second kappa shape index (κ2) is 8.89. The molecule has 1 aromatic carbocycles. The van der Waals surface area contributed by atoms with Crippen LogP contribution in [0.15, 0.2) is 34.7 Å². The fraction of sp³-hybridized carbons (Fsp3) is 0.438. The molecule has 23 heavy (non-hydrogen) atoms. The molecule has 0 bridgehead atoms. The van der Waals surface area contributed by atoms with Gasteiger partial charge in [0.05, 0.1) is 0 Å². The number of hydroxylamine groups is 1. The first kappa shape index (κ1) is 17.0. The van der Waals surface area contributed by atoms with Gasteiger partial charge in [-0.1, -0.05) is 49.5 Å². The molecule has 0 radical (unpaired) electrons. The number of aromatic nitrogens is 2. The highest BCUT2D eigenvalue weighted by Crippen LogP contribution is 2.27. The maximum atomic E-state index is 11.5. The summed E-state index contributed by atoms with van der Waals surface area (Å²) in [6, 6.07) is 9.79. The number of unbranched alkanes of at least 4 members (excludes halogenated alkanes) is 2. The van der Waals surface area contributed by atoms with E-state index in [1.165, 1.54) is 0 Å². The summed E-state index contributed by atoms with van der Waals surface area (Å²) in [5, 5.41) is 19.8. The molecule has 0 spiro atoms. The molecule has 3 N–H and O–H groups in total. The van der Waals surface area contributed by atoms with E-state index in [1.54, 1.807) is 5.48 Å². The highest BCUT2D eigenvalue weighted by Gasteiger charge is 2.21. The Morgan fingerprint density at radius 1 is 1.26 bits per heavy atom. The molecule has 0 saturated heterocycles. The summed E-state index contributed by atoms with van der Waals surface area (Å²) in [5.74, 6) is -0.252. The van der Waals surface area contributed by atoms with Crippen LogP contribution in [0, 0.1) is 0 Å². The van der Waals surface area contributed by atoms with Gasteiger partial charge >= 0.3 is 6.01 Å². The molecular formula is C16H22N4O3. The van der Waals surface area contributed by atoms with Crippen LogP contribution in [0.5, 0.6) is 0 Å². The number of para-hydroxylation sites is 1. The van der Waals surface area contributed by atoms with Crippen LogP contribution in [0.1, 0.15) is 50.8 Å². The van der Waals surface area contributed by atoms with Gasteiger partial charge in [-0.25, -0.2) is 5.48 Å². The topological polar surface area (TPSA) is 100 Å². The number of carbonyl (C=O) groups excluding carboxylic acids is 1. The van der Waals surface area contributed by atoms with Gasteiger partial charge in [0.1, 0.15) is 0 Å². The van der Waals surface area contributed by atoms with Gasteiger partial charge < -0.3 is 9.73 Å². The van der Waals surface area contributed by atoms with E-state index in [1.807, 2.05) is 30.3 Å². The molecule has 0 aliphatic carbocycles. The Kier molecular flexibility index (Phi) is 6.56. The lowest BCUT2D eigenvalue weighted by Gasteiger charge is -2.11. The third kappa shape index (κ3) is 5.37. The van der Waals surface area contributed by atoms with Crippen LogP contribution in [-0.2, 0) is 4.79 Å². The molecule has 1 unspecified atom stereocenters. The summed E-state index contributed by atoms with van der Waals surface area (Å²) in [6.07, 6.45) is 4.00. The van der Waals surface area contributed by atoms with Crippen LogP contribution in [0.2, 0.25) is 0 Å². The molecule has 0 fully saturated rings. The predicted octanol–water partition coefficient (Wildman–Crippen LogP) is 3.37. The van der Waals surface area contributed by atoms with Crippen LogP contribution >= 0.6 is 0 Å². The molecule has 2 aromatic rings. The van der Waals surface area contributed by atoms with Gasteiger partial charge in [-0.2, -0.15) is 0 Å². The lowest BCUT2D eigenvalue weighted by molar-refractivity contribution is -0.129. The first-order valence-corrected chi connectivity index (χ1v) is 7.81. The van der Waals surface area contributed by atoms with Gasteiger partial charge in [0.15, 0.2) is 0 Å². The van der Waals surface area contributed by atoms with E-state index in [-0.39, 0.29) is 18.4 Å². The molecular weight excluding hydrogens is 296 g/mol. The van der Waals surface area contributed by atoms with Gasteiger partial charge in [-0.3, -0.25) is 10.0 Å². The van der Waals surface area contributed by atoms with Crippen molar-refractivity contribution in [3.8, 4) is 0 Å². The number of hydrogen-bond acceptors (Lipinski definition) is 6. The molecule has 0 aliphatic rings. The quantitative estimate of drug-likeness (QED) is 0.372. The minimum absolute atomic E-state index is 0.118. The zero-order valence-electron chi connectivity index (χ0n) is 13.2. The minimum atomic E-state index is -0.456. The van der Waals surface area contributed by atoms with Crippen molar-refractivity contribution in [2.45, 2.75) is 44.9 Å². The number of anilines is 2. The molecule has 1 amide bonds. The average Bonchev–Trinajstić information content (AvgIpc) is 3.03. The van der Waals surface area contributed by atoms with Crippen molar-refractivity contribution in [2.24, 2.45) is 0 Å². The second-order valence-electron chi connectivity index (χ2n) is 5.37. The van der Waals surface area contributed by atoms with Gasteiger partial charge in [-0.15, -0.1) is 5.10 Å². The van der Waals surface area contributed by atoms with Crippen LogP contribution < -0.4 is 10.8 Å². The molecule has 7 nitrogen and oxygen atoms in total. The Hall–Kier alpha value is -2.41. The summed E-state index contributed by atoms with van der Waals surface area (Å²) < 4.78 is 5.63. The smallest absolute Gasteiger partial charge is 0.320 e. The van der Waals surface area contributed by atoms with E-state index >= 15 is 0 Å². The summed E-state index contributed by atoms with van der Waals surface area (Å²) in [7, 11) is 0. The van der Waals surface area contributed by atoms with E-state index in [9.17, 15) is 4.79 Å². The highest BCUT2D eigenvalue weighted by molar-refractivity contribution is 5.75. The van der Waals surface area contributed by atoms with E-state index in [4.69, 9.17) is 9.62 Å². The SMILES string of the molecule is CCCCCC(CC(=O)NO)c1nnc(Nc2ccccc2)o1. The van der Waals surface area contributed by atoms with Gasteiger partial charge in [0.25, 0.3) is 0 Å². The van der Waals surface area contributed by atoms with E-state index in [0.29, 0.717) is 5.89 Å². The number of rotatable bonds is 9. The van der Waals surface area contributed by atoms with Gasteiger partial charge in [-0.05, 0) is 18.6 Å². The van der Waals surface area contributed by atoms with Gasteiger partial charge in [0, 0.05) is 18.0 Å². The summed E-state index contributed by atoms with van der Waals surface area (Å²) >= 11 is 0. The summed E-state index contributed by atoms with van der Waals surface area (Å²) in [6.45, 7) is 2.12. The van der Waals surface area contributed by atoms with Crippen molar-refractivity contribution < 1.29 is 14.4 Å². The number of nitrogens with zero attached hydrogens (tertiary/aromatic N) is 2. The maximum absolute atomic E-state index is 11.5. The third-order valence-corrected chi connectivity index (χ3v) is 3.53. The molecule has 2 rings (SSSR count). The average molecular weight is 318 g/mol. The first-order valence-electron chi connectivity index (χ1n) is 7.81. The molecule has 124 valence electrons. The minimum Gasteiger partial charge on any atom is -0.408 e. The Morgan fingerprint density at radius 3 is 2.74 bits per heavy atom. The molecule has 1 heterocycles. The van der Waals surface area contributed by atoms with E-state index < -0.39 is 5.91 Å². The Labute approximate surface area is 135 Å². The molecule has 1 aromatic heterocycles. The predicted molar refractivity (Wildman–Crippen MR) is 85.5 cm³/mol. The zero-order chi connectivity index (χ0) is 16.5. The Morgan fingerprint density at radius 2 is 2.04 bits per heavy atom. The van der Waals surface area contributed by atoms with Crippen molar-refractivity contribution in [1.29, 1.82) is 0 Å². The number of benzene rings is 1. The van der Waals surface area contributed by atoms with Crippen molar-refractivity contribution in [1.82, 2.24) is 15.7 Å². The highest BCUT2D eigenvalue weighted by atomic mass is 16.5. The number of nitrogens with one attached hydrogen (secondary N) is 2. The number of carbonyl (C=O) groups is 1. The maximum Gasteiger partial charge on any atom is 0.320 e. The van der Waals surface area contributed by atoms with E-state index in [0.717, 1.165) is 31.4 Å². The van der Waals surface area contributed by atoms with Crippen LogP contribution in [0.25, 0.3) is 0 Å². The standard InChI is InChI=1S/C16H22N4O3/c1-2-3-5-8-12(11-14(21)20-22)15-18-19-16(23-15)17-13-9-6-4-7-10-13/h4,6-7,9-10,12,22H,2-3,5,8,11H2,1H3,(H,17,19)(H,20,21). The summed E-state index contributed by atoms with van der Waals surface area (Å²) in [5.41, 5.74) is 2.50. The van der Waals surface area contributed by atoms with Crippen LogP contribution in [0.4, 0.5) is 11.7 Å². The normalized spacial score (nSPS) is 11.9. The molecule has 0 aliphatic heterocycles. The largest absolute Gasteiger partial charge is 0.408 e. The molecule has 7 heteroatoms. The van der Waals surface area contributed by atoms with Crippen molar-refractivity contribution in [3.63, 3.8) is 0 Å². The van der Waals surface area contributed by atoms with Crippen LogP contribution in [0.3, 0.4) is 0 Å². The fourth-order valence-electron chi connectivity index (χ4n) is 2.32. The van der Waals surface area contributed by atoms with Crippen LogP contribution in [-0.4, -0.2) is 21.3 Å². The second-order valence-corrected chi connectivity index (χ2v) is 5.37. The van der Waals surface area contributed by atoms with E-state index in [2.05, 4.69) is 22.4 Å². The van der Waals surface area contributed by atoms with Crippen molar-refractivity contribution in [3.05, 3.63) is 36.2 Å². The first-order chi connectivity index (χ1) is 11.2. The molecule has 0 saturated carbocycles. The van der Waals surface area contributed by atoms with Crippen molar-refractivity contribution in [2.75, 3.05) is 5.32 Å². The third-order valence-electron chi connectivity index (χ3n) is 3.53. The summed E-state index contributed by atoms with van der Waals surface area (Å²) in [4.78, 5) is 11.5. The lowest BCUT2D eigenvalue weighted by atomic mass is 9.97. The number of hydrogen-bond donors (Lipinski definition) is 3. The van der Waals surface area contributed by atoms with Gasteiger partial charge in [0.2, 0.25) is 11.8 Å². The Bertz CT molecular complexity index is 600. The number of amides is 1. The monoisotopic (exact) mass is 318 g/mol. The molecule has 1 atom stereocenters. The van der Waals surface area contributed by atoms with Crippen molar-refractivity contribution >= 4 is 17.6 Å².